The molecule has 1 aromatic carbocycles. The lowest BCUT2D eigenvalue weighted by atomic mass is 10.2. The second kappa shape index (κ2) is 4.10. The average Bonchev–Trinajstić information content (AvgIpc) is 2.77. The van der Waals surface area contributed by atoms with Crippen LogP contribution in [-0.4, -0.2) is 14.8 Å². The van der Waals surface area contributed by atoms with Gasteiger partial charge >= 0.3 is 0 Å². The number of nitrogens with two attached hydrogens (primary N) is 1. The van der Waals surface area contributed by atoms with Gasteiger partial charge in [-0.05, 0) is 46.6 Å². The number of fused-ring (bicyclic) bond motifs is 1. The van der Waals surface area contributed by atoms with Crippen molar-refractivity contribution in [3.8, 4) is 5.69 Å². The molecule has 0 unspecified atom stereocenters. The van der Waals surface area contributed by atoms with E-state index in [1.165, 1.54) is 5.56 Å². The van der Waals surface area contributed by atoms with Crippen molar-refractivity contribution >= 4 is 32.7 Å². The van der Waals surface area contributed by atoms with Crippen molar-refractivity contribution in [1.82, 2.24) is 14.8 Å². The fourth-order valence-electron chi connectivity index (χ4n) is 1.86. The van der Waals surface area contributed by atoms with Gasteiger partial charge in [-0.3, -0.25) is 0 Å². The van der Waals surface area contributed by atoms with Crippen molar-refractivity contribution in [2.45, 2.75) is 6.92 Å². The number of aromatic nitrogens is 3. The fraction of sp³-hybridized carbons (Fsp3) is 0.0769. The molecule has 0 aliphatic rings. The second-order valence-electron chi connectivity index (χ2n) is 4.17. The summed E-state index contributed by atoms with van der Waals surface area (Å²) in [6.45, 7) is 2.05. The number of hydrogen-bond acceptors (Lipinski definition) is 3. The molecule has 2 N–H and O–H groups in total. The number of benzene rings is 1. The zero-order valence-corrected chi connectivity index (χ0v) is 11.3. The largest absolute Gasteiger partial charge is 0.398 e. The molecule has 90 valence electrons. The van der Waals surface area contributed by atoms with Crippen molar-refractivity contribution in [2.75, 3.05) is 5.73 Å². The van der Waals surface area contributed by atoms with E-state index >= 15 is 0 Å². The van der Waals surface area contributed by atoms with E-state index in [9.17, 15) is 0 Å². The number of aryl methyl sites for hydroxylation is 1. The highest BCUT2D eigenvalue weighted by Crippen LogP contribution is 2.25. The highest BCUT2D eigenvalue weighted by Gasteiger charge is 2.08. The van der Waals surface area contributed by atoms with E-state index in [0.29, 0.717) is 11.3 Å². The van der Waals surface area contributed by atoms with Crippen LogP contribution < -0.4 is 5.73 Å². The summed E-state index contributed by atoms with van der Waals surface area (Å²) >= 11 is 3.53. The Bertz CT molecular complexity index is 733. The minimum absolute atomic E-state index is 0.656. The second-order valence-corrected chi connectivity index (χ2v) is 5.02. The smallest absolute Gasteiger partial charge is 0.183 e. The summed E-state index contributed by atoms with van der Waals surface area (Å²) in [4.78, 5) is 4.21. The fourth-order valence-corrected chi connectivity index (χ4v) is 2.29. The van der Waals surface area contributed by atoms with Crippen molar-refractivity contribution in [3.63, 3.8) is 0 Å². The first kappa shape index (κ1) is 11.2. The minimum atomic E-state index is 0.656. The Balaban J connectivity index is 2.26. The molecule has 0 radical (unpaired) electrons. The Morgan fingerprint density at radius 3 is 2.89 bits per heavy atom. The lowest BCUT2D eigenvalue weighted by molar-refractivity contribution is 0.884. The summed E-state index contributed by atoms with van der Waals surface area (Å²) in [5.74, 6) is 0. The lowest BCUT2D eigenvalue weighted by Gasteiger charge is -2.04. The molecule has 18 heavy (non-hydrogen) atoms. The van der Waals surface area contributed by atoms with Crippen molar-refractivity contribution in [1.29, 1.82) is 0 Å². The number of hydrogen-bond donors (Lipinski definition) is 1. The maximum absolute atomic E-state index is 5.91. The number of pyridine rings is 1. The van der Waals surface area contributed by atoms with Crippen LogP contribution in [0.2, 0.25) is 0 Å². The number of nitrogens with zero attached hydrogens (tertiary/aromatic N) is 3. The lowest BCUT2D eigenvalue weighted by Crippen LogP contribution is -1.96. The first-order chi connectivity index (χ1) is 8.65. The van der Waals surface area contributed by atoms with E-state index in [4.69, 9.17) is 5.73 Å². The molecule has 0 atom stereocenters. The molecule has 3 aromatic rings. The molecule has 0 amide bonds. The van der Waals surface area contributed by atoms with Crippen LogP contribution >= 0.6 is 15.9 Å². The van der Waals surface area contributed by atoms with Crippen molar-refractivity contribution < 1.29 is 0 Å². The van der Waals surface area contributed by atoms with Crippen LogP contribution in [-0.2, 0) is 0 Å². The Kier molecular flexibility index (Phi) is 2.56. The quantitative estimate of drug-likeness (QED) is 0.751. The summed E-state index contributed by atoms with van der Waals surface area (Å²) in [5.41, 5.74) is 9.41. The molecule has 5 heteroatoms. The SMILES string of the molecule is Cc1ccc(Br)c(-n2cc3c(N)ccnc3n2)c1. The Morgan fingerprint density at radius 1 is 1.28 bits per heavy atom. The van der Waals surface area contributed by atoms with Gasteiger partial charge in [0, 0.05) is 22.6 Å². The minimum Gasteiger partial charge on any atom is -0.398 e. The van der Waals surface area contributed by atoms with Gasteiger partial charge in [-0.15, -0.1) is 5.10 Å². The molecule has 4 nitrogen and oxygen atoms in total. The van der Waals surface area contributed by atoms with E-state index < -0.39 is 0 Å². The zero-order chi connectivity index (χ0) is 12.7. The summed E-state index contributed by atoms with van der Waals surface area (Å²) in [7, 11) is 0. The molecule has 0 bridgehead atoms. The molecule has 2 heterocycles. The van der Waals surface area contributed by atoms with Crippen LogP contribution in [0.15, 0.2) is 41.1 Å². The van der Waals surface area contributed by atoms with Crippen LogP contribution in [0.1, 0.15) is 5.56 Å². The third-order valence-corrected chi connectivity index (χ3v) is 3.48. The highest BCUT2D eigenvalue weighted by molar-refractivity contribution is 9.10. The number of rotatable bonds is 1. The third-order valence-electron chi connectivity index (χ3n) is 2.81. The molecular weight excluding hydrogens is 292 g/mol. The number of anilines is 1. The Morgan fingerprint density at radius 2 is 2.11 bits per heavy atom. The normalized spacial score (nSPS) is 11.0. The Labute approximate surface area is 113 Å². The van der Waals surface area contributed by atoms with Gasteiger partial charge < -0.3 is 5.73 Å². The van der Waals surface area contributed by atoms with E-state index in [2.05, 4.69) is 32.1 Å². The van der Waals surface area contributed by atoms with Crippen LogP contribution in [0.5, 0.6) is 0 Å². The zero-order valence-electron chi connectivity index (χ0n) is 9.76. The van der Waals surface area contributed by atoms with Crippen LogP contribution in [0, 0.1) is 6.92 Å². The van der Waals surface area contributed by atoms with Gasteiger partial charge in [0.1, 0.15) is 0 Å². The van der Waals surface area contributed by atoms with Crippen molar-refractivity contribution in [3.05, 3.63) is 46.7 Å². The van der Waals surface area contributed by atoms with E-state index in [0.717, 1.165) is 15.5 Å². The maximum Gasteiger partial charge on any atom is 0.183 e. The molecule has 0 spiro atoms. The van der Waals surface area contributed by atoms with Gasteiger partial charge in [-0.25, -0.2) is 9.67 Å². The van der Waals surface area contributed by atoms with Crippen LogP contribution in [0.25, 0.3) is 16.7 Å². The van der Waals surface area contributed by atoms with Gasteiger partial charge in [-0.1, -0.05) is 6.07 Å². The van der Waals surface area contributed by atoms with Gasteiger partial charge in [0.2, 0.25) is 0 Å². The van der Waals surface area contributed by atoms with Gasteiger partial charge in [-0.2, -0.15) is 0 Å². The molecular formula is C13H11BrN4. The first-order valence-corrected chi connectivity index (χ1v) is 6.31. The van der Waals surface area contributed by atoms with E-state index in [-0.39, 0.29) is 0 Å². The third kappa shape index (κ3) is 1.76. The van der Waals surface area contributed by atoms with Crippen molar-refractivity contribution in [2.24, 2.45) is 0 Å². The first-order valence-electron chi connectivity index (χ1n) is 5.51. The standard InChI is InChI=1S/C13H11BrN4/c1-8-2-3-10(14)12(6-8)18-7-9-11(15)4-5-16-13(9)17-18/h2-7H,15H2,1H3. The molecule has 3 rings (SSSR count). The average molecular weight is 303 g/mol. The van der Waals surface area contributed by atoms with Crippen LogP contribution in [0.3, 0.4) is 0 Å². The molecule has 0 aliphatic carbocycles. The van der Waals surface area contributed by atoms with Gasteiger partial charge in [0.15, 0.2) is 5.65 Å². The summed E-state index contributed by atoms with van der Waals surface area (Å²) in [6, 6.07) is 7.89. The number of halogens is 1. The summed E-state index contributed by atoms with van der Waals surface area (Å²) in [6.07, 6.45) is 3.57. The summed E-state index contributed by atoms with van der Waals surface area (Å²) in [5, 5.41) is 5.31. The topological polar surface area (TPSA) is 56.7 Å². The number of nitrogen functional groups attached to an aromatic ring is 1. The molecule has 0 saturated carbocycles. The van der Waals surface area contributed by atoms with Gasteiger partial charge in [0.25, 0.3) is 0 Å². The van der Waals surface area contributed by atoms with E-state index in [1.807, 2.05) is 25.3 Å². The van der Waals surface area contributed by atoms with Gasteiger partial charge in [0.05, 0.1) is 11.1 Å². The monoisotopic (exact) mass is 302 g/mol. The molecule has 0 saturated heterocycles. The molecule has 2 aromatic heterocycles. The predicted octanol–water partition coefficient (Wildman–Crippen LogP) is 3.07. The van der Waals surface area contributed by atoms with E-state index in [1.54, 1.807) is 16.9 Å². The Hall–Kier alpha value is -1.88. The maximum atomic E-state index is 5.91. The highest BCUT2D eigenvalue weighted by atomic mass is 79.9. The predicted molar refractivity (Wildman–Crippen MR) is 75.7 cm³/mol. The molecule has 0 fully saturated rings. The molecule has 0 aliphatic heterocycles. The van der Waals surface area contributed by atoms with Crippen LogP contribution in [0.4, 0.5) is 5.69 Å². The summed E-state index contributed by atoms with van der Waals surface area (Å²) < 4.78 is 2.78.